The molecule has 1 rings (SSSR count). The van der Waals surface area contributed by atoms with E-state index in [2.05, 4.69) is 15.9 Å². The van der Waals surface area contributed by atoms with Gasteiger partial charge in [0.05, 0.1) is 10.9 Å². The van der Waals surface area contributed by atoms with Gasteiger partial charge in [0.15, 0.2) is 0 Å². The fourth-order valence-electron chi connectivity index (χ4n) is 1.52. The van der Waals surface area contributed by atoms with E-state index in [4.69, 9.17) is 5.11 Å². The molecule has 0 aliphatic rings. The smallest absolute Gasteiger partial charge is 0.335 e. The summed E-state index contributed by atoms with van der Waals surface area (Å²) in [5.41, 5.74) is 2.11. The molecular weight excluding hydrogens is 272 g/mol. The summed E-state index contributed by atoms with van der Waals surface area (Å²) < 4.78 is 0. The summed E-state index contributed by atoms with van der Waals surface area (Å²) in [7, 11) is 0. The highest BCUT2D eigenvalue weighted by Gasteiger charge is 2.09. The quantitative estimate of drug-likeness (QED) is 0.845. The predicted molar refractivity (Wildman–Crippen MR) is 65.3 cm³/mol. The first-order valence-electron chi connectivity index (χ1n) is 5.01. The van der Waals surface area contributed by atoms with Crippen LogP contribution in [-0.2, 0) is 17.6 Å². The van der Waals surface area contributed by atoms with E-state index in [1.54, 1.807) is 18.2 Å². The van der Waals surface area contributed by atoms with E-state index in [0.717, 1.165) is 17.5 Å². The number of halogens is 1. The van der Waals surface area contributed by atoms with E-state index in [9.17, 15) is 9.59 Å². The van der Waals surface area contributed by atoms with E-state index in [1.165, 1.54) is 0 Å². The maximum absolute atomic E-state index is 11.3. The van der Waals surface area contributed by atoms with Crippen LogP contribution in [-0.4, -0.2) is 22.2 Å². The molecule has 0 aromatic heterocycles. The average molecular weight is 285 g/mol. The Hall–Kier alpha value is -1.16. The molecule has 0 aliphatic carbocycles. The van der Waals surface area contributed by atoms with Crippen molar-refractivity contribution in [2.45, 2.75) is 19.8 Å². The Kier molecular flexibility index (Phi) is 4.68. The van der Waals surface area contributed by atoms with Gasteiger partial charge in [-0.3, -0.25) is 4.79 Å². The molecule has 0 saturated heterocycles. The Morgan fingerprint density at radius 1 is 1.31 bits per heavy atom. The minimum absolute atomic E-state index is 0.0952. The summed E-state index contributed by atoms with van der Waals surface area (Å²) >= 11 is 3.11. The van der Waals surface area contributed by atoms with E-state index in [-0.39, 0.29) is 11.3 Å². The molecule has 0 fully saturated rings. The molecule has 1 aromatic rings. The van der Waals surface area contributed by atoms with Crippen LogP contribution < -0.4 is 0 Å². The highest BCUT2D eigenvalue weighted by atomic mass is 79.9. The van der Waals surface area contributed by atoms with Crippen LogP contribution in [0, 0.1) is 0 Å². The van der Waals surface area contributed by atoms with Crippen molar-refractivity contribution in [3.8, 4) is 0 Å². The molecular formula is C12H13BrO3. The molecule has 86 valence electrons. The van der Waals surface area contributed by atoms with Gasteiger partial charge in [-0.25, -0.2) is 4.79 Å². The van der Waals surface area contributed by atoms with Gasteiger partial charge in [0.25, 0.3) is 0 Å². The van der Waals surface area contributed by atoms with Gasteiger partial charge in [-0.15, -0.1) is 0 Å². The van der Waals surface area contributed by atoms with Gasteiger partial charge in [0.2, 0.25) is 0 Å². The molecule has 16 heavy (non-hydrogen) atoms. The van der Waals surface area contributed by atoms with Crippen LogP contribution in [0.4, 0.5) is 0 Å². The van der Waals surface area contributed by atoms with Gasteiger partial charge in [0, 0.05) is 6.42 Å². The molecule has 3 nitrogen and oxygen atoms in total. The molecule has 0 unspecified atom stereocenters. The van der Waals surface area contributed by atoms with Crippen molar-refractivity contribution in [3.05, 3.63) is 34.9 Å². The maximum Gasteiger partial charge on any atom is 0.335 e. The number of carbonyl (C=O) groups is 2. The Morgan fingerprint density at radius 3 is 2.50 bits per heavy atom. The lowest BCUT2D eigenvalue weighted by molar-refractivity contribution is -0.115. The van der Waals surface area contributed by atoms with Crippen LogP contribution in [0.2, 0.25) is 0 Å². The second kappa shape index (κ2) is 5.80. The monoisotopic (exact) mass is 284 g/mol. The third-order valence-corrected chi connectivity index (χ3v) is 3.00. The van der Waals surface area contributed by atoms with Gasteiger partial charge in [0.1, 0.15) is 5.78 Å². The number of carboxylic acids is 1. The number of hydrogen-bond acceptors (Lipinski definition) is 2. The summed E-state index contributed by atoms with van der Waals surface area (Å²) in [4.78, 5) is 22.1. The van der Waals surface area contributed by atoms with Crippen molar-refractivity contribution >= 4 is 27.7 Å². The number of alkyl halides is 1. The molecule has 0 amide bonds. The van der Waals surface area contributed by atoms with Gasteiger partial charge in [-0.2, -0.15) is 0 Å². The lowest BCUT2D eigenvalue weighted by Crippen LogP contribution is -2.07. The number of ketones is 1. The molecule has 0 spiro atoms. The highest BCUT2D eigenvalue weighted by Crippen LogP contribution is 2.14. The number of carboxylic acid groups (broad SMARTS) is 1. The molecule has 0 radical (unpaired) electrons. The number of benzene rings is 1. The fourth-order valence-corrected chi connectivity index (χ4v) is 1.72. The first-order valence-corrected chi connectivity index (χ1v) is 6.13. The molecule has 1 N–H and O–H groups in total. The van der Waals surface area contributed by atoms with Crippen molar-refractivity contribution in [1.82, 2.24) is 0 Å². The summed E-state index contributed by atoms with van der Waals surface area (Å²) in [6, 6.07) is 4.90. The first kappa shape index (κ1) is 12.9. The van der Waals surface area contributed by atoms with Crippen molar-refractivity contribution in [2.24, 2.45) is 0 Å². The van der Waals surface area contributed by atoms with Crippen molar-refractivity contribution in [2.75, 3.05) is 5.33 Å². The van der Waals surface area contributed by atoms with Crippen molar-refractivity contribution in [1.29, 1.82) is 0 Å². The molecule has 0 heterocycles. The summed E-state index contributed by atoms with van der Waals surface area (Å²) in [6.07, 6.45) is 1.08. The fraction of sp³-hybridized carbons (Fsp3) is 0.333. The summed E-state index contributed by atoms with van der Waals surface area (Å²) in [5, 5.41) is 9.18. The second-order valence-electron chi connectivity index (χ2n) is 3.49. The minimum atomic E-state index is -0.937. The zero-order valence-corrected chi connectivity index (χ0v) is 10.6. The SMILES string of the molecule is CCc1cc(C(=O)O)ccc1CC(=O)CBr. The Bertz CT molecular complexity index is 413. The molecule has 0 atom stereocenters. The second-order valence-corrected chi connectivity index (χ2v) is 4.05. The van der Waals surface area contributed by atoms with E-state index in [1.807, 2.05) is 6.92 Å². The van der Waals surface area contributed by atoms with Crippen LogP contribution in [0.15, 0.2) is 18.2 Å². The Morgan fingerprint density at radius 2 is 2.00 bits per heavy atom. The van der Waals surface area contributed by atoms with Crippen molar-refractivity contribution in [3.63, 3.8) is 0 Å². The van der Waals surface area contributed by atoms with Crippen LogP contribution in [0.25, 0.3) is 0 Å². The first-order chi connectivity index (χ1) is 7.58. The average Bonchev–Trinajstić information content (AvgIpc) is 2.29. The normalized spacial score (nSPS) is 10.1. The zero-order valence-electron chi connectivity index (χ0n) is 9.00. The third kappa shape index (κ3) is 3.17. The third-order valence-electron chi connectivity index (χ3n) is 2.37. The number of hydrogen-bond donors (Lipinski definition) is 1. The maximum atomic E-state index is 11.3. The van der Waals surface area contributed by atoms with Gasteiger partial charge in [-0.05, 0) is 29.7 Å². The van der Waals surface area contributed by atoms with Crippen LogP contribution in [0.1, 0.15) is 28.4 Å². The minimum Gasteiger partial charge on any atom is -0.478 e. The Balaban J connectivity index is 3.02. The summed E-state index contributed by atoms with van der Waals surface area (Å²) in [5.74, 6) is -0.842. The zero-order chi connectivity index (χ0) is 12.1. The lowest BCUT2D eigenvalue weighted by atomic mass is 9.98. The molecule has 0 saturated carbocycles. The highest BCUT2D eigenvalue weighted by molar-refractivity contribution is 9.09. The van der Waals surface area contributed by atoms with E-state index >= 15 is 0 Å². The van der Waals surface area contributed by atoms with E-state index in [0.29, 0.717) is 11.8 Å². The van der Waals surface area contributed by atoms with Gasteiger partial charge >= 0.3 is 5.97 Å². The van der Waals surface area contributed by atoms with E-state index < -0.39 is 5.97 Å². The number of aryl methyl sites for hydroxylation is 1. The van der Waals surface area contributed by atoms with Gasteiger partial charge < -0.3 is 5.11 Å². The molecule has 0 aliphatic heterocycles. The standard InChI is InChI=1S/C12H13BrO3/c1-2-8-5-10(12(15)16)4-3-9(8)6-11(14)7-13/h3-5H,2,6-7H2,1H3,(H,15,16). The molecule has 1 aromatic carbocycles. The topological polar surface area (TPSA) is 54.4 Å². The van der Waals surface area contributed by atoms with Crippen LogP contribution in [0.3, 0.4) is 0 Å². The van der Waals surface area contributed by atoms with Crippen LogP contribution >= 0.6 is 15.9 Å². The number of rotatable bonds is 5. The van der Waals surface area contributed by atoms with Crippen molar-refractivity contribution < 1.29 is 14.7 Å². The Labute approximate surface area is 103 Å². The number of carbonyl (C=O) groups excluding carboxylic acids is 1. The number of Topliss-reactive ketones (excluding diaryl/α,β-unsaturated/α-hetero) is 1. The largest absolute Gasteiger partial charge is 0.478 e. The van der Waals surface area contributed by atoms with Gasteiger partial charge in [-0.1, -0.05) is 28.9 Å². The van der Waals surface area contributed by atoms with Crippen LogP contribution in [0.5, 0.6) is 0 Å². The summed E-state index contributed by atoms with van der Waals surface area (Å²) in [6.45, 7) is 1.95. The molecule has 0 bridgehead atoms. The lowest BCUT2D eigenvalue weighted by Gasteiger charge is -2.07. The molecule has 4 heteroatoms. The predicted octanol–water partition coefficient (Wildman–Crippen LogP) is 2.45. The number of aromatic carboxylic acids is 1.